The monoisotopic (exact) mass is 539 g/mol. The molecule has 1 N–H and O–H groups in total. The van der Waals surface area contributed by atoms with Crippen LogP contribution in [0, 0.1) is 13.8 Å². The number of nitrogens with one attached hydrogen (secondary N) is 1. The number of ether oxygens (including phenoxy) is 2. The van der Waals surface area contributed by atoms with Crippen LogP contribution in [-0.4, -0.2) is 84.3 Å². The molecule has 196 valence electrons. The van der Waals surface area contributed by atoms with Crippen molar-refractivity contribution in [3.8, 4) is 0 Å². The van der Waals surface area contributed by atoms with Crippen LogP contribution in [0.4, 0.5) is 5.69 Å². The van der Waals surface area contributed by atoms with E-state index in [1.165, 1.54) is 48.7 Å². The molecular weight excluding hydrogens is 510 g/mol. The largest absolute Gasteiger partial charge is 0.452 e. The molecular formula is C23H29N3O8S2. The van der Waals surface area contributed by atoms with Crippen molar-refractivity contribution in [2.24, 2.45) is 0 Å². The SMILES string of the molecule is Cc1ccc(S(=O)(=O)N(C)C)cc1NC(=O)COC(=O)c1ccc(C)c(S(=O)(=O)N2CCOCC2)c1. The van der Waals surface area contributed by atoms with E-state index in [0.717, 1.165) is 4.31 Å². The molecule has 0 spiro atoms. The van der Waals surface area contributed by atoms with Gasteiger partial charge in [0, 0.05) is 32.9 Å². The van der Waals surface area contributed by atoms with Gasteiger partial charge in [0.1, 0.15) is 0 Å². The normalized spacial score (nSPS) is 15.0. The first-order valence-electron chi connectivity index (χ1n) is 11.0. The summed E-state index contributed by atoms with van der Waals surface area (Å²) in [6.07, 6.45) is 0. The third-order valence-electron chi connectivity index (χ3n) is 5.61. The highest BCUT2D eigenvalue weighted by Crippen LogP contribution is 2.24. The minimum absolute atomic E-state index is 0.000873. The summed E-state index contributed by atoms with van der Waals surface area (Å²) in [5.41, 5.74) is 1.33. The Morgan fingerprint density at radius 3 is 2.28 bits per heavy atom. The van der Waals surface area contributed by atoms with Crippen LogP contribution >= 0.6 is 0 Å². The van der Waals surface area contributed by atoms with Crippen LogP contribution in [0.5, 0.6) is 0 Å². The Morgan fingerprint density at radius 2 is 1.64 bits per heavy atom. The van der Waals surface area contributed by atoms with Crippen molar-refractivity contribution < 1.29 is 35.9 Å². The van der Waals surface area contributed by atoms with Crippen molar-refractivity contribution in [2.75, 3.05) is 52.3 Å². The summed E-state index contributed by atoms with van der Waals surface area (Å²) in [6, 6.07) is 8.48. The molecule has 3 rings (SSSR count). The van der Waals surface area contributed by atoms with Gasteiger partial charge in [0.2, 0.25) is 20.0 Å². The Bertz CT molecular complexity index is 1370. The average molecular weight is 540 g/mol. The lowest BCUT2D eigenvalue weighted by molar-refractivity contribution is -0.119. The number of anilines is 1. The predicted molar refractivity (Wildman–Crippen MR) is 132 cm³/mol. The van der Waals surface area contributed by atoms with Gasteiger partial charge in [0.25, 0.3) is 5.91 Å². The van der Waals surface area contributed by atoms with Crippen molar-refractivity contribution in [2.45, 2.75) is 23.6 Å². The van der Waals surface area contributed by atoms with Crippen LogP contribution in [0.25, 0.3) is 0 Å². The highest BCUT2D eigenvalue weighted by Gasteiger charge is 2.28. The highest BCUT2D eigenvalue weighted by atomic mass is 32.2. The van der Waals surface area contributed by atoms with Gasteiger partial charge >= 0.3 is 5.97 Å². The van der Waals surface area contributed by atoms with E-state index in [4.69, 9.17) is 9.47 Å². The molecule has 1 aliphatic heterocycles. The molecule has 0 bridgehead atoms. The summed E-state index contributed by atoms with van der Waals surface area (Å²) in [7, 11) is -4.74. The predicted octanol–water partition coefficient (Wildman–Crippen LogP) is 1.37. The molecule has 2 aromatic carbocycles. The van der Waals surface area contributed by atoms with Crippen molar-refractivity contribution in [3.05, 3.63) is 53.1 Å². The Morgan fingerprint density at radius 1 is 1.00 bits per heavy atom. The standard InChI is InChI=1S/C23H29N3O8S2/c1-16-6-8-19(35(29,30)25(3)4)14-20(16)24-22(27)15-34-23(28)18-7-5-17(2)21(13-18)36(31,32)26-9-11-33-12-10-26/h5-8,13-14H,9-12,15H2,1-4H3,(H,24,27). The second-order valence-corrected chi connectivity index (χ2v) is 12.4. The Balaban J connectivity index is 1.70. The number of hydrogen-bond acceptors (Lipinski definition) is 8. The zero-order chi connectivity index (χ0) is 26.7. The number of benzene rings is 2. The second kappa shape index (κ2) is 11.0. The lowest BCUT2D eigenvalue weighted by atomic mass is 10.1. The van der Waals surface area contributed by atoms with E-state index in [0.29, 0.717) is 24.3 Å². The molecule has 1 saturated heterocycles. The van der Waals surface area contributed by atoms with Gasteiger partial charge in [-0.1, -0.05) is 12.1 Å². The van der Waals surface area contributed by atoms with Gasteiger partial charge in [-0.25, -0.2) is 25.9 Å². The summed E-state index contributed by atoms with van der Waals surface area (Å²) < 4.78 is 63.5. The smallest absolute Gasteiger partial charge is 0.338 e. The molecule has 0 atom stereocenters. The summed E-state index contributed by atoms with van der Waals surface area (Å²) in [6.45, 7) is 3.68. The number of aryl methyl sites for hydroxylation is 2. The van der Waals surface area contributed by atoms with Gasteiger partial charge in [-0.05, 0) is 49.2 Å². The molecule has 1 fully saturated rings. The average Bonchev–Trinajstić information content (AvgIpc) is 2.84. The molecule has 11 nitrogen and oxygen atoms in total. The zero-order valence-electron chi connectivity index (χ0n) is 20.5. The third-order valence-corrected chi connectivity index (χ3v) is 9.46. The highest BCUT2D eigenvalue weighted by molar-refractivity contribution is 7.89. The molecule has 1 amide bonds. The molecule has 0 saturated carbocycles. The fourth-order valence-electron chi connectivity index (χ4n) is 3.44. The van der Waals surface area contributed by atoms with E-state index in [1.54, 1.807) is 19.9 Å². The van der Waals surface area contributed by atoms with Crippen molar-refractivity contribution in [1.82, 2.24) is 8.61 Å². The first kappa shape index (κ1) is 27.7. The van der Waals surface area contributed by atoms with Gasteiger partial charge < -0.3 is 14.8 Å². The summed E-state index contributed by atoms with van der Waals surface area (Å²) in [4.78, 5) is 25.0. The van der Waals surface area contributed by atoms with E-state index in [9.17, 15) is 26.4 Å². The quantitative estimate of drug-likeness (QED) is 0.496. The maximum absolute atomic E-state index is 13.0. The number of rotatable bonds is 8. The number of nitrogens with zero attached hydrogens (tertiary/aromatic N) is 2. The summed E-state index contributed by atoms with van der Waals surface area (Å²) in [5.74, 6) is -1.55. The molecule has 2 aromatic rings. The van der Waals surface area contributed by atoms with Crippen molar-refractivity contribution >= 4 is 37.6 Å². The number of amides is 1. The lowest BCUT2D eigenvalue weighted by Crippen LogP contribution is -2.40. The van der Waals surface area contributed by atoms with Gasteiger partial charge in [-0.2, -0.15) is 4.31 Å². The molecule has 1 heterocycles. The van der Waals surface area contributed by atoms with Gasteiger partial charge in [-0.3, -0.25) is 4.79 Å². The van der Waals surface area contributed by atoms with E-state index in [-0.39, 0.29) is 34.1 Å². The Kier molecular flexibility index (Phi) is 8.52. The van der Waals surface area contributed by atoms with Crippen LogP contribution in [0.1, 0.15) is 21.5 Å². The number of carbonyl (C=O) groups excluding carboxylic acids is 2. The number of hydrogen-bond donors (Lipinski definition) is 1. The lowest BCUT2D eigenvalue weighted by Gasteiger charge is -2.26. The van der Waals surface area contributed by atoms with Gasteiger partial charge in [-0.15, -0.1) is 0 Å². The molecule has 0 unspecified atom stereocenters. The maximum atomic E-state index is 13.0. The molecule has 0 aromatic heterocycles. The van der Waals surface area contributed by atoms with E-state index in [1.807, 2.05) is 0 Å². The molecule has 36 heavy (non-hydrogen) atoms. The summed E-state index contributed by atoms with van der Waals surface area (Å²) >= 11 is 0. The Hall–Kier alpha value is -2.84. The topological polar surface area (TPSA) is 139 Å². The number of carbonyl (C=O) groups is 2. The van der Waals surface area contributed by atoms with Gasteiger partial charge in [0.15, 0.2) is 6.61 Å². The van der Waals surface area contributed by atoms with Crippen molar-refractivity contribution in [3.63, 3.8) is 0 Å². The van der Waals surface area contributed by atoms with E-state index in [2.05, 4.69) is 5.32 Å². The van der Waals surface area contributed by atoms with Crippen LogP contribution in [0.2, 0.25) is 0 Å². The number of sulfonamides is 2. The van der Waals surface area contributed by atoms with Crippen LogP contribution in [0.3, 0.4) is 0 Å². The first-order valence-corrected chi connectivity index (χ1v) is 13.9. The van der Waals surface area contributed by atoms with Crippen molar-refractivity contribution in [1.29, 1.82) is 0 Å². The van der Waals surface area contributed by atoms with Gasteiger partial charge in [0.05, 0.1) is 28.6 Å². The van der Waals surface area contributed by atoms with Crippen LogP contribution in [-0.2, 0) is 34.3 Å². The fourth-order valence-corrected chi connectivity index (χ4v) is 6.03. The molecule has 13 heteroatoms. The zero-order valence-corrected chi connectivity index (χ0v) is 22.1. The maximum Gasteiger partial charge on any atom is 0.338 e. The van der Waals surface area contributed by atoms with Crippen LogP contribution < -0.4 is 5.32 Å². The van der Waals surface area contributed by atoms with E-state index >= 15 is 0 Å². The molecule has 1 aliphatic rings. The fraction of sp³-hybridized carbons (Fsp3) is 0.391. The second-order valence-electron chi connectivity index (χ2n) is 8.39. The Labute approximate surface area is 211 Å². The molecule has 0 aliphatic carbocycles. The van der Waals surface area contributed by atoms with Crippen LogP contribution in [0.15, 0.2) is 46.2 Å². The number of morpholine rings is 1. The summed E-state index contributed by atoms with van der Waals surface area (Å²) in [5, 5.41) is 2.54. The first-order chi connectivity index (χ1) is 16.8. The third kappa shape index (κ3) is 6.10. The molecule has 0 radical (unpaired) electrons. The number of esters is 1. The minimum Gasteiger partial charge on any atom is -0.452 e. The minimum atomic E-state index is -3.83. The van der Waals surface area contributed by atoms with E-state index < -0.39 is 38.5 Å².